The molecule has 5 heteroatoms. The Hall–Kier alpha value is -2.56. The van der Waals surface area contributed by atoms with Crippen LogP contribution in [-0.2, 0) is 6.42 Å². The maximum Gasteiger partial charge on any atom is 0.337 e. The van der Waals surface area contributed by atoms with Crippen LogP contribution in [0.3, 0.4) is 0 Å². The average molecular weight is 271 g/mol. The van der Waals surface area contributed by atoms with Crippen molar-refractivity contribution in [2.45, 2.75) is 6.42 Å². The van der Waals surface area contributed by atoms with Crippen molar-refractivity contribution in [2.75, 3.05) is 24.2 Å². The lowest BCUT2D eigenvalue weighted by Gasteiger charge is -2.20. The van der Waals surface area contributed by atoms with E-state index in [9.17, 15) is 4.79 Å². The number of nitrogens with zero attached hydrogens (tertiary/aromatic N) is 2. The molecular formula is C15H17N3O2. The fourth-order valence-corrected chi connectivity index (χ4v) is 1.94. The first-order valence-electron chi connectivity index (χ1n) is 6.31. The molecule has 0 aliphatic rings. The molecule has 1 aromatic carbocycles. The monoisotopic (exact) mass is 271 g/mol. The molecule has 0 saturated heterocycles. The number of carbonyl (C=O) groups is 1. The van der Waals surface area contributed by atoms with Crippen LogP contribution in [0.5, 0.6) is 0 Å². The minimum absolute atomic E-state index is 0.137. The smallest absolute Gasteiger partial charge is 0.337 e. The summed E-state index contributed by atoms with van der Waals surface area (Å²) in [7, 11) is 1.93. The Labute approximate surface area is 117 Å². The van der Waals surface area contributed by atoms with Crippen molar-refractivity contribution < 1.29 is 9.90 Å². The molecule has 2 rings (SSSR count). The van der Waals surface area contributed by atoms with Gasteiger partial charge < -0.3 is 15.7 Å². The van der Waals surface area contributed by atoms with Crippen LogP contribution < -0.4 is 10.6 Å². The van der Waals surface area contributed by atoms with Crippen LogP contribution in [0.15, 0.2) is 42.7 Å². The first-order valence-corrected chi connectivity index (χ1v) is 6.31. The molecule has 0 bridgehead atoms. The Morgan fingerprint density at radius 3 is 2.65 bits per heavy atom. The number of carboxylic acids is 1. The first-order chi connectivity index (χ1) is 9.58. The summed E-state index contributed by atoms with van der Waals surface area (Å²) in [6.45, 7) is 0.785. The van der Waals surface area contributed by atoms with Gasteiger partial charge in [0.25, 0.3) is 0 Å². The summed E-state index contributed by atoms with van der Waals surface area (Å²) < 4.78 is 0. The van der Waals surface area contributed by atoms with Crippen molar-refractivity contribution in [2.24, 2.45) is 0 Å². The number of carboxylic acid groups (broad SMARTS) is 1. The average Bonchev–Trinajstić information content (AvgIpc) is 2.46. The number of benzene rings is 1. The normalized spacial score (nSPS) is 10.2. The highest BCUT2D eigenvalue weighted by Crippen LogP contribution is 2.20. The minimum atomic E-state index is -1.01. The van der Waals surface area contributed by atoms with Crippen molar-refractivity contribution in [3.63, 3.8) is 0 Å². The lowest BCUT2D eigenvalue weighted by Crippen LogP contribution is -2.20. The molecule has 5 nitrogen and oxygen atoms in total. The zero-order chi connectivity index (χ0) is 14.5. The molecule has 0 spiro atoms. The molecule has 0 radical (unpaired) electrons. The largest absolute Gasteiger partial charge is 0.478 e. The van der Waals surface area contributed by atoms with Gasteiger partial charge in [-0.15, -0.1) is 0 Å². The van der Waals surface area contributed by atoms with Crippen LogP contribution in [0.4, 0.5) is 11.4 Å². The van der Waals surface area contributed by atoms with Gasteiger partial charge in [0.2, 0.25) is 0 Å². The van der Waals surface area contributed by atoms with Gasteiger partial charge in [0.1, 0.15) is 0 Å². The van der Waals surface area contributed by atoms with E-state index in [1.807, 2.05) is 30.1 Å². The standard InChI is InChI=1S/C15H17N3O2/c1-18(9-6-11-4-7-17-8-5-11)12-2-3-14(16)13(10-12)15(19)20/h2-5,7-8,10H,6,9,16H2,1H3,(H,19,20). The third kappa shape index (κ3) is 3.26. The first kappa shape index (κ1) is 13.9. The van der Waals surface area contributed by atoms with Crippen LogP contribution in [0.25, 0.3) is 0 Å². The Bertz CT molecular complexity index is 599. The zero-order valence-corrected chi connectivity index (χ0v) is 11.3. The lowest BCUT2D eigenvalue weighted by atomic mass is 10.1. The Morgan fingerprint density at radius 2 is 2.00 bits per heavy atom. The van der Waals surface area contributed by atoms with Gasteiger partial charge in [0.15, 0.2) is 0 Å². The predicted octanol–water partition coefficient (Wildman–Crippen LogP) is 2.04. The molecule has 1 aromatic heterocycles. The number of hydrogen-bond donors (Lipinski definition) is 2. The molecule has 20 heavy (non-hydrogen) atoms. The lowest BCUT2D eigenvalue weighted by molar-refractivity contribution is 0.0698. The van der Waals surface area contributed by atoms with Gasteiger partial charge in [-0.05, 0) is 42.3 Å². The van der Waals surface area contributed by atoms with Gasteiger partial charge >= 0.3 is 5.97 Å². The highest BCUT2D eigenvalue weighted by molar-refractivity contribution is 5.94. The Morgan fingerprint density at radius 1 is 1.30 bits per heavy atom. The fourth-order valence-electron chi connectivity index (χ4n) is 1.94. The van der Waals surface area contributed by atoms with E-state index in [2.05, 4.69) is 4.98 Å². The van der Waals surface area contributed by atoms with Crippen LogP contribution >= 0.6 is 0 Å². The van der Waals surface area contributed by atoms with Crippen molar-refractivity contribution >= 4 is 17.3 Å². The van der Waals surface area contributed by atoms with Gasteiger partial charge in [-0.2, -0.15) is 0 Å². The van der Waals surface area contributed by atoms with E-state index in [1.165, 1.54) is 5.56 Å². The molecule has 0 unspecified atom stereocenters. The van der Waals surface area contributed by atoms with Gasteiger partial charge in [-0.25, -0.2) is 4.79 Å². The number of pyridine rings is 1. The molecule has 104 valence electrons. The van der Waals surface area contributed by atoms with Crippen molar-refractivity contribution in [3.05, 3.63) is 53.9 Å². The van der Waals surface area contributed by atoms with Crippen molar-refractivity contribution in [1.82, 2.24) is 4.98 Å². The second-order valence-corrected chi connectivity index (χ2v) is 4.60. The maximum atomic E-state index is 11.1. The van der Waals surface area contributed by atoms with Crippen LogP contribution in [-0.4, -0.2) is 29.7 Å². The number of likely N-dealkylation sites (N-methyl/N-ethyl adjacent to an activating group) is 1. The number of anilines is 2. The molecule has 0 fully saturated rings. The summed E-state index contributed by atoms with van der Waals surface area (Å²) in [6.07, 6.45) is 4.40. The highest BCUT2D eigenvalue weighted by Gasteiger charge is 2.10. The second-order valence-electron chi connectivity index (χ2n) is 4.60. The van der Waals surface area contributed by atoms with Gasteiger partial charge in [0.05, 0.1) is 5.56 Å². The third-order valence-electron chi connectivity index (χ3n) is 3.19. The second kappa shape index (κ2) is 6.06. The van der Waals surface area contributed by atoms with Gasteiger partial charge in [-0.3, -0.25) is 4.98 Å². The van der Waals surface area contributed by atoms with E-state index in [0.29, 0.717) is 0 Å². The zero-order valence-electron chi connectivity index (χ0n) is 11.3. The molecule has 0 aliphatic heterocycles. The van der Waals surface area contributed by atoms with E-state index in [-0.39, 0.29) is 11.3 Å². The summed E-state index contributed by atoms with van der Waals surface area (Å²) in [6, 6.07) is 9.00. The van der Waals surface area contributed by atoms with Gasteiger partial charge in [0, 0.05) is 37.4 Å². The predicted molar refractivity (Wildman–Crippen MR) is 79.0 cm³/mol. The summed E-state index contributed by atoms with van der Waals surface area (Å²) >= 11 is 0. The molecule has 0 atom stereocenters. The van der Waals surface area contributed by atoms with E-state index in [0.717, 1.165) is 18.7 Å². The Balaban J connectivity index is 2.07. The topological polar surface area (TPSA) is 79.5 Å². The maximum absolute atomic E-state index is 11.1. The number of nitrogen functional groups attached to an aromatic ring is 1. The van der Waals surface area contributed by atoms with Crippen LogP contribution in [0.1, 0.15) is 15.9 Å². The number of rotatable bonds is 5. The van der Waals surface area contributed by atoms with E-state index in [4.69, 9.17) is 10.8 Å². The van der Waals surface area contributed by atoms with Crippen molar-refractivity contribution in [1.29, 1.82) is 0 Å². The number of nitrogens with two attached hydrogens (primary N) is 1. The van der Waals surface area contributed by atoms with E-state index in [1.54, 1.807) is 24.5 Å². The molecule has 0 amide bonds. The van der Waals surface area contributed by atoms with Crippen LogP contribution in [0.2, 0.25) is 0 Å². The SMILES string of the molecule is CN(CCc1ccncc1)c1ccc(N)c(C(=O)O)c1. The quantitative estimate of drug-likeness (QED) is 0.813. The van der Waals surface area contributed by atoms with E-state index >= 15 is 0 Å². The molecule has 0 aliphatic carbocycles. The highest BCUT2D eigenvalue weighted by atomic mass is 16.4. The summed E-state index contributed by atoms with van der Waals surface area (Å²) in [5.41, 5.74) is 8.10. The minimum Gasteiger partial charge on any atom is -0.478 e. The fraction of sp³-hybridized carbons (Fsp3) is 0.200. The number of hydrogen-bond acceptors (Lipinski definition) is 4. The molecule has 0 saturated carbocycles. The number of aromatic nitrogens is 1. The van der Waals surface area contributed by atoms with Crippen molar-refractivity contribution in [3.8, 4) is 0 Å². The Kier molecular flexibility index (Phi) is 4.20. The summed E-state index contributed by atoms with van der Waals surface area (Å²) in [5.74, 6) is -1.01. The summed E-state index contributed by atoms with van der Waals surface area (Å²) in [4.78, 5) is 17.1. The number of aromatic carboxylic acids is 1. The van der Waals surface area contributed by atoms with E-state index < -0.39 is 5.97 Å². The molecular weight excluding hydrogens is 254 g/mol. The van der Waals surface area contributed by atoms with Gasteiger partial charge in [-0.1, -0.05) is 0 Å². The molecule has 1 heterocycles. The molecule has 2 aromatic rings. The van der Waals surface area contributed by atoms with Crippen LogP contribution in [0, 0.1) is 0 Å². The summed E-state index contributed by atoms with van der Waals surface area (Å²) in [5, 5.41) is 9.07. The third-order valence-corrected chi connectivity index (χ3v) is 3.19. The molecule has 3 N–H and O–H groups in total.